The molecule has 10 N–H and O–H groups in total. The number of esters is 2. The van der Waals surface area contributed by atoms with Gasteiger partial charge in [0.1, 0.15) is 47.6 Å². The van der Waals surface area contributed by atoms with Gasteiger partial charge in [-0.1, -0.05) is 101 Å². The highest BCUT2D eigenvalue weighted by molar-refractivity contribution is 6.40. The lowest BCUT2D eigenvalue weighted by Gasteiger charge is -2.47. The molecule has 0 aromatic heterocycles. The molecular formula is C99H153N5O26. The zero-order chi connectivity index (χ0) is 95.2. The van der Waals surface area contributed by atoms with E-state index in [0.717, 1.165) is 27.2 Å². The maximum absolute atomic E-state index is 14.9. The van der Waals surface area contributed by atoms with Crippen molar-refractivity contribution < 1.29 is 126 Å². The third kappa shape index (κ3) is 28.1. The summed E-state index contributed by atoms with van der Waals surface area (Å²) in [6.07, 6.45) is 4.31. The second-order valence-electron chi connectivity index (χ2n) is 39.2. The second kappa shape index (κ2) is 49.9. The Morgan fingerprint density at radius 3 is 1.50 bits per heavy atom. The van der Waals surface area contributed by atoms with Crippen LogP contribution in [0.15, 0.2) is 70.9 Å². The fourth-order valence-corrected chi connectivity index (χ4v) is 21.4. The average Bonchev–Trinajstić information content (AvgIpc) is 0.776. The predicted octanol–water partition coefficient (Wildman–Crippen LogP) is 9.38. The van der Waals surface area contributed by atoms with Crippen molar-refractivity contribution >= 4 is 58.9 Å². The van der Waals surface area contributed by atoms with Gasteiger partial charge in [-0.25, -0.2) is 14.4 Å². The van der Waals surface area contributed by atoms with Crippen LogP contribution < -0.4 is 16.4 Å². The van der Waals surface area contributed by atoms with Gasteiger partial charge in [-0.2, -0.15) is 0 Å². The molecule has 1 aromatic carbocycles. The number of nitrogens with one attached hydrogen (secondary N) is 2. The Labute approximate surface area is 768 Å². The summed E-state index contributed by atoms with van der Waals surface area (Å²) in [4.78, 5) is 147. The third-order valence-corrected chi connectivity index (χ3v) is 29.3. The lowest BCUT2D eigenvalue weighted by molar-refractivity contribution is -0.302. The molecule has 730 valence electrons. The van der Waals surface area contributed by atoms with Gasteiger partial charge in [-0.3, -0.25) is 33.6 Å². The number of ketones is 4. The summed E-state index contributed by atoms with van der Waals surface area (Å²) in [5.41, 5.74) is 9.13. The minimum Gasteiger partial charge on any atom is -0.456 e. The number of hydrogen-bond acceptors (Lipinski definition) is 27. The normalized spacial score (nSPS) is 37.4. The number of benzene rings is 1. The number of allylic oxidation sites excluding steroid dienone is 6. The van der Waals surface area contributed by atoms with Gasteiger partial charge < -0.3 is 104 Å². The van der Waals surface area contributed by atoms with Crippen LogP contribution in [0.1, 0.15) is 247 Å². The smallest absolute Gasteiger partial charge is 0.407 e. The van der Waals surface area contributed by atoms with Gasteiger partial charge in [0.25, 0.3) is 23.4 Å². The number of cyclic esters (lactones) is 2. The SMILES string of the molecule is CO[C@H]1C[C@@H](C)C/C(C)=C/[C@@H](CCCCC(=O)NCc2ccc(CNC(=O)OCCCC3/C=C(\C)C[C@H](C)C[C@H](OC)[C@H]4C[C@@](O)(C(=O)C(=O)N5CCCC[C@H]5C(=O)O[C@H](/C(C)=C/[C@@H]5CC[C@@H](O)[C@H](OC)C5)[C@H](N)[C@@H](O)CC3=O)[C@H](C)C[C@@H]4OC)cc2)C(=O)C[C@H](O)[C@@H](C)[C@@H](/C(C)=C/[C@@H]2CC[C@@H](O)[C@H](OC)C2)OC(=O)[C@@H]2CCCCN2C(=O)C(=O)[C@]2(O)OC1[C@@H](OC)C[C@H]2C. The first kappa shape index (κ1) is 107. The standard InChI is InChI=1S/C99H153N5O26/c1-56-39-58(3)43-80(121-10)71-53-98(119,62(7)47-81(71)122-11)91(112)93(114)103-36-20-18-26-73(103)96(117)129-89(61(6)46-68-33-35-75(106)83(50-68)124-13)87(100)79(110)52-78(109)70(42-56)24-22-38-127-97(118)102-55-66-30-28-65(29-31-66)54-101-86(111)27-17-16-23-69-41-57(2)40-59(4)44-84(125-14)90-85(126-15)48-63(8)99(120,130-90)92(113)94(115)104-37-21-19-25-72(104)95(116)128-88(64(9)76(107)51-77(69)108)60(5)45-67-32-34-74(105)82(49-67)123-12/h28-31,41-42,45-46,58-59,62-64,67-76,79-85,87-90,105-107,110,119-120H,16-27,32-40,43-44,47-55,100H2,1-15H3,(H,101,111)(H,102,118)/b56-42+,57-41+,60-45+,61-46+/t58-,59-,62+,63+,64+,67-,68-,69+,70?,71+,72-,73-,74+,75+,76-,79-,80-,81-,82+,83+,84-,85-,87+,88+,89+,90?,98-,99+/m0/s1. The van der Waals surface area contributed by atoms with E-state index >= 15 is 0 Å². The molecule has 130 heavy (non-hydrogen) atoms. The second-order valence-corrected chi connectivity index (χ2v) is 39.2. The van der Waals surface area contributed by atoms with Crippen LogP contribution in [0.25, 0.3) is 0 Å². The molecule has 5 aliphatic heterocycles. The molecule has 2 unspecified atom stereocenters. The zero-order valence-corrected chi connectivity index (χ0v) is 79.6. The molecule has 28 atom stereocenters. The Morgan fingerprint density at radius 1 is 0.523 bits per heavy atom. The molecule has 3 aliphatic carbocycles. The Hall–Kier alpha value is -7.08. The lowest BCUT2D eigenvalue weighted by atomic mass is 9.65. The minimum absolute atomic E-state index is 0.0201. The number of aliphatic hydroxyl groups is 6. The Morgan fingerprint density at radius 2 is 0.977 bits per heavy atom. The molecule has 1 aromatic rings. The number of nitrogens with two attached hydrogens (primary N) is 1. The van der Waals surface area contributed by atoms with Crippen molar-refractivity contribution in [3.05, 3.63) is 82.0 Å². The monoisotopic (exact) mass is 1830 g/mol. The van der Waals surface area contributed by atoms with Crippen LogP contribution in [-0.4, -0.2) is 271 Å². The minimum atomic E-state index is -2.60. The van der Waals surface area contributed by atoms with Crippen molar-refractivity contribution in [3.63, 3.8) is 0 Å². The van der Waals surface area contributed by atoms with E-state index in [2.05, 4.69) is 10.6 Å². The zero-order valence-electron chi connectivity index (χ0n) is 79.6. The highest BCUT2D eigenvalue weighted by Crippen LogP contribution is 2.45. The molecule has 5 heterocycles. The highest BCUT2D eigenvalue weighted by Gasteiger charge is 2.59. The summed E-state index contributed by atoms with van der Waals surface area (Å²) in [5.74, 6) is -14.5. The first-order valence-corrected chi connectivity index (χ1v) is 47.7. The van der Waals surface area contributed by atoms with Crippen LogP contribution >= 0.6 is 0 Å². The summed E-state index contributed by atoms with van der Waals surface area (Å²) >= 11 is 0. The number of aliphatic hydroxyl groups excluding tert-OH is 4. The first-order valence-electron chi connectivity index (χ1n) is 47.7. The van der Waals surface area contributed by atoms with Crippen molar-refractivity contribution in [2.75, 3.05) is 62.4 Å². The van der Waals surface area contributed by atoms with Crippen molar-refractivity contribution in [1.29, 1.82) is 0 Å². The fourth-order valence-electron chi connectivity index (χ4n) is 21.4. The molecule has 8 aliphatic rings. The van der Waals surface area contributed by atoms with Crippen LogP contribution in [0.3, 0.4) is 0 Å². The number of unbranched alkanes of at least 4 members (excludes halogenated alkanes) is 1. The number of amides is 4. The van der Waals surface area contributed by atoms with Crippen LogP contribution in [0, 0.1) is 59.2 Å². The number of alkyl carbamates (subject to hydrolysis) is 1. The number of nitrogens with zero attached hydrogens (tertiary/aromatic N) is 2. The van der Waals surface area contributed by atoms with Crippen molar-refractivity contribution in [2.45, 2.75) is 358 Å². The first-order chi connectivity index (χ1) is 61.8. The van der Waals surface area contributed by atoms with Crippen molar-refractivity contribution in [3.8, 4) is 0 Å². The molecule has 0 radical (unpaired) electrons. The van der Waals surface area contributed by atoms with E-state index in [0.29, 0.717) is 120 Å². The van der Waals surface area contributed by atoms with E-state index in [9.17, 15) is 78.6 Å². The number of carbonyl (C=O) groups is 10. The van der Waals surface area contributed by atoms with E-state index in [-0.39, 0.29) is 132 Å². The van der Waals surface area contributed by atoms with Crippen molar-refractivity contribution in [2.24, 2.45) is 64.9 Å². The van der Waals surface area contributed by atoms with E-state index < -0.39 is 192 Å². The van der Waals surface area contributed by atoms with E-state index in [1.165, 1.54) is 33.3 Å². The molecule has 4 amide bonds. The summed E-state index contributed by atoms with van der Waals surface area (Å²) in [6, 6.07) is 3.45. The fraction of sp³-hybridized carbons (Fsp3) is 0.758. The number of hydrogen-bond donors (Lipinski definition) is 9. The van der Waals surface area contributed by atoms with Gasteiger partial charge in [0.2, 0.25) is 11.7 Å². The van der Waals surface area contributed by atoms with E-state index in [1.807, 2.05) is 76.3 Å². The largest absolute Gasteiger partial charge is 0.456 e. The molecular weight excluding hydrogens is 1680 g/mol. The molecule has 4 bridgehead atoms. The summed E-state index contributed by atoms with van der Waals surface area (Å²) < 4.78 is 60.1. The maximum Gasteiger partial charge on any atom is 0.407 e. The molecule has 0 spiro atoms. The Bertz CT molecular complexity index is 3830. The average molecular weight is 1830 g/mol. The van der Waals surface area contributed by atoms with Gasteiger partial charge in [-0.05, 0) is 227 Å². The molecule has 31 heteroatoms. The molecule has 9 rings (SSSR count). The van der Waals surface area contributed by atoms with Gasteiger partial charge >= 0.3 is 18.0 Å². The number of rotatable bonds is 23. The summed E-state index contributed by atoms with van der Waals surface area (Å²) in [6.45, 7) is 16.7. The van der Waals surface area contributed by atoms with E-state index in [1.54, 1.807) is 48.8 Å². The van der Waals surface area contributed by atoms with Crippen LogP contribution in [0.5, 0.6) is 0 Å². The Balaban J connectivity index is 0.829. The van der Waals surface area contributed by atoms with Gasteiger partial charge in [0.05, 0.1) is 73.7 Å². The topological polar surface area (TPSA) is 441 Å². The lowest BCUT2D eigenvalue weighted by Crippen LogP contribution is -2.64. The van der Waals surface area contributed by atoms with Gasteiger partial charge in [0, 0.05) is 118 Å². The van der Waals surface area contributed by atoms with Crippen molar-refractivity contribution in [1.82, 2.24) is 20.4 Å². The Kier molecular flexibility index (Phi) is 41.0. The third-order valence-electron chi connectivity index (χ3n) is 29.3. The quantitative estimate of drug-likeness (QED) is 0.0162. The molecule has 3 saturated heterocycles. The summed E-state index contributed by atoms with van der Waals surface area (Å²) in [5, 5.41) is 76.5. The number of Topliss-reactive ketones (excluding diaryl/α,β-unsaturated/α-hetero) is 4. The highest BCUT2D eigenvalue weighted by atomic mass is 16.7. The molecule has 31 nitrogen and oxygen atoms in total. The molecule has 3 saturated carbocycles. The van der Waals surface area contributed by atoms with Gasteiger partial charge in [-0.15, -0.1) is 0 Å². The molecule has 6 fully saturated rings. The number of fused-ring (bicyclic) bond motifs is 6. The van der Waals surface area contributed by atoms with Gasteiger partial charge in [0.15, 0.2) is 0 Å². The number of carbonyl (C=O) groups excluding carboxylic acids is 10. The number of piperidine rings is 2. The van der Waals surface area contributed by atoms with E-state index in [4.69, 9.17) is 53.1 Å². The number of methoxy groups -OCH3 is 6. The maximum atomic E-state index is 14.9. The number of ether oxygens (including phenoxy) is 10. The van der Waals surface area contributed by atoms with Crippen LogP contribution in [-0.2, 0) is 104 Å². The van der Waals surface area contributed by atoms with Crippen LogP contribution in [0.4, 0.5) is 4.79 Å². The predicted molar refractivity (Wildman–Crippen MR) is 482 cm³/mol. The van der Waals surface area contributed by atoms with Crippen LogP contribution in [0.2, 0.25) is 0 Å². The summed E-state index contributed by atoms with van der Waals surface area (Å²) in [7, 11) is 9.19.